The minimum atomic E-state index is -5.08. The number of hydrogen-bond donors (Lipinski definition) is 2. The molecule has 8 nitrogen and oxygen atoms in total. The Labute approximate surface area is 182 Å². The number of nitrogens with zero attached hydrogens (tertiary/aromatic N) is 4. The number of aryl methyl sites for hydroxylation is 1. The number of carboxylic acid groups (broad SMARTS) is 1. The van der Waals surface area contributed by atoms with Crippen LogP contribution in [0.25, 0.3) is 5.69 Å². The van der Waals surface area contributed by atoms with E-state index in [1.165, 1.54) is 0 Å². The van der Waals surface area contributed by atoms with E-state index in [9.17, 15) is 18.0 Å². The molecular weight excluding hydrogens is 427 g/mol. The van der Waals surface area contributed by atoms with Crippen molar-refractivity contribution < 1.29 is 27.9 Å². The number of imidazole rings is 1. The van der Waals surface area contributed by atoms with Crippen LogP contribution in [0.4, 0.5) is 24.5 Å². The van der Waals surface area contributed by atoms with Gasteiger partial charge in [-0.15, -0.1) is 0 Å². The van der Waals surface area contributed by atoms with Gasteiger partial charge in [0.25, 0.3) is 5.91 Å². The highest BCUT2D eigenvalue weighted by Crippen LogP contribution is 2.18. The number of aromatic nitrogens is 3. The van der Waals surface area contributed by atoms with Gasteiger partial charge in [0.1, 0.15) is 5.69 Å². The summed E-state index contributed by atoms with van der Waals surface area (Å²) >= 11 is 0. The summed E-state index contributed by atoms with van der Waals surface area (Å²) < 4.78 is 33.8. The van der Waals surface area contributed by atoms with Crippen molar-refractivity contribution in [2.75, 3.05) is 24.3 Å². The van der Waals surface area contributed by atoms with Crippen molar-refractivity contribution >= 4 is 23.3 Å². The van der Waals surface area contributed by atoms with E-state index in [2.05, 4.69) is 15.3 Å². The zero-order valence-electron chi connectivity index (χ0n) is 17.8. The molecule has 0 aliphatic carbocycles. The van der Waals surface area contributed by atoms with E-state index >= 15 is 0 Å². The van der Waals surface area contributed by atoms with Crippen molar-refractivity contribution in [3.8, 4) is 5.69 Å². The quantitative estimate of drug-likeness (QED) is 0.628. The third-order valence-corrected chi connectivity index (χ3v) is 4.39. The first kappa shape index (κ1) is 24.4. The number of rotatable bonds is 4. The van der Waals surface area contributed by atoms with Gasteiger partial charge in [0.05, 0.1) is 23.9 Å². The van der Waals surface area contributed by atoms with Crippen molar-refractivity contribution in [2.45, 2.75) is 20.0 Å². The number of alkyl halides is 3. The minimum absolute atomic E-state index is 0.229. The van der Waals surface area contributed by atoms with Crippen molar-refractivity contribution in [1.29, 1.82) is 0 Å². The maximum absolute atomic E-state index is 12.3. The Bertz CT molecular complexity index is 1080. The van der Waals surface area contributed by atoms with Gasteiger partial charge >= 0.3 is 12.1 Å². The Balaban J connectivity index is 0.000000451. The smallest absolute Gasteiger partial charge is 0.475 e. The second-order valence-electron chi connectivity index (χ2n) is 6.89. The number of benzene rings is 1. The standard InChI is InChI=1S/C19H21N5O.C2HF3O2/c1-13-14(2)24(12-21-13)16-7-5-15(6-8-16)22-19(25)18-10-9-17(11-20-18)23(3)4;3-2(4,5)1(6)7/h5-12H,1-4H3,(H,22,25);(H,6,7). The van der Waals surface area contributed by atoms with Gasteiger partial charge in [-0.3, -0.25) is 4.79 Å². The van der Waals surface area contributed by atoms with Gasteiger partial charge in [0.15, 0.2) is 0 Å². The van der Waals surface area contributed by atoms with Crippen molar-refractivity contribution in [3.63, 3.8) is 0 Å². The molecule has 0 atom stereocenters. The van der Waals surface area contributed by atoms with Crippen LogP contribution in [0.1, 0.15) is 21.9 Å². The molecule has 32 heavy (non-hydrogen) atoms. The molecule has 2 N–H and O–H groups in total. The number of pyridine rings is 1. The third-order valence-electron chi connectivity index (χ3n) is 4.39. The number of carbonyl (C=O) groups excluding carboxylic acids is 1. The Morgan fingerprint density at radius 2 is 1.62 bits per heavy atom. The fourth-order valence-corrected chi connectivity index (χ4v) is 2.44. The molecule has 170 valence electrons. The first-order valence-electron chi connectivity index (χ1n) is 9.26. The van der Waals surface area contributed by atoms with Gasteiger partial charge in [0, 0.05) is 31.2 Å². The number of halogens is 3. The fourth-order valence-electron chi connectivity index (χ4n) is 2.44. The first-order chi connectivity index (χ1) is 14.9. The number of carbonyl (C=O) groups is 2. The van der Waals surface area contributed by atoms with Gasteiger partial charge in [-0.2, -0.15) is 13.2 Å². The zero-order chi connectivity index (χ0) is 24.1. The molecule has 2 heterocycles. The predicted octanol–water partition coefficient (Wildman–Crippen LogP) is 3.84. The number of carboxylic acids is 1. The number of nitrogens with one attached hydrogen (secondary N) is 1. The molecule has 0 unspecified atom stereocenters. The fraction of sp³-hybridized carbons (Fsp3) is 0.238. The molecule has 0 fully saturated rings. The van der Waals surface area contributed by atoms with Crippen LogP contribution in [0.5, 0.6) is 0 Å². The topological polar surface area (TPSA) is 100 Å². The summed E-state index contributed by atoms with van der Waals surface area (Å²) in [4.78, 5) is 31.7. The van der Waals surface area contributed by atoms with E-state index < -0.39 is 12.1 Å². The van der Waals surface area contributed by atoms with Crippen LogP contribution in [0.3, 0.4) is 0 Å². The lowest BCUT2D eigenvalue weighted by Crippen LogP contribution is -2.21. The summed E-state index contributed by atoms with van der Waals surface area (Å²) in [6.07, 6.45) is -1.60. The molecule has 0 aliphatic rings. The lowest BCUT2D eigenvalue weighted by Gasteiger charge is -2.12. The Hall–Kier alpha value is -3.89. The summed E-state index contributed by atoms with van der Waals surface area (Å²) in [5, 5.41) is 9.99. The summed E-state index contributed by atoms with van der Waals surface area (Å²) in [6.45, 7) is 4.01. The molecule has 0 aliphatic heterocycles. The average Bonchev–Trinajstić information content (AvgIpc) is 3.07. The highest BCUT2D eigenvalue weighted by Gasteiger charge is 2.38. The molecule has 11 heteroatoms. The highest BCUT2D eigenvalue weighted by atomic mass is 19.4. The molecule has 1 aromatic carbocycles. The summed E-state index contributed by atoms with van der Waals surface area (Å²) in [5.74, 6) is -2.99. The largest absolute Gasteiger partial charge is 0.490 e. The zero-order valence-corrected chi connectivity index (χ0v) is 17.8. The Morgan fingerprint density at radius 1 is 1.03 bits per heavy atom. The van der Waals surface area contributed by atoms with Crippen LogP contribution in [0, 0.1) is 13.8 Å². The summed E-state index contributed by atoms with van der Waals surface area (Å²) in [7, 11) is 3.86. The maximum Gasteiger partial charge on any atom is 0.490 e. The van der Waals surface area contributed by atoms with Crippen molar-refractivity contribution in [2.24, 2.45) is 0 Å². The molecule has 1 amide bonds. The third kappa shape index (κ3) is 6.30. The Morgan fingerprint density at radius 3 is 2.03 bits per heavy atom. The van der Waals surface area contributed by atoms with Crippen LogP contribution >= 0.6 is 0 Å². The number of hydrogen-bond acceptors (Lipinski definition) is 5. The van der Waals surface area contributed by atoms with Crippen LogP contribution in [0.2, 0.25) is 0 Å². The molecule has 0 radical (unpaired) electrons. The van der Waals surface area contributed by atoms with E-state index in [0.717, 1.165) is 28.5 Å². The molecular formula is C21H22F3N5O3. The van der Waals surface area contributed by atoms with Crippen molar-refractivity contribution in [3.05, 3.63) is 66.0 Å². The van der Waals surface area contributed by atoms with Crippen molar-refractivity contribution in [1.82, 2.24) is 14.5 Å². The van der Waals surface area contributed by atoms with Gasteiger partial charge in [0.2, 0.25) is 0 Å². The summed E-state index contributed by atoms with van der Waals surface area (Å²) in [6, 6.07) is 11.2. The molecule has 0 saturated heterocycles. The molecule has 3 aromatic rings. The highest BCUT2D eigenvalue weighted by molar-refractivity contribution is 6.03. The van der Waals surface area contributed by atoms with Crippen LogP contribution in [-0.4, -0.2) is 51.8 Å². The van der Waals surface area contributed by atoms with Gasteiger partial charge in [-0.25, -0.2) is 14.8 Å². The Kier molecular flexibility index (Phi) is 7.58. The monoisotopic (exact) mass is 449 g/mol. The molecule has 0 spiro atoms. The average molecular weight is 449 g/mol. The van der Waals surface area contributed by atoms with E-state index in [-0.39, 0.29) is 5.91 Å². The number of anilines is 2. The number of aliphatic carboxylic acids is 1. The second-order valence-corrected chi connectivity index (χ2v) is 6.89. The SMILES string of the molecule is Cc1ncn(-c2ccc(NC(=O)c3ccc(N(C)C)cn3)cc2)c1C.O=C(O)C(F)(F)F. The van der Waals surface area contributed by atoms with Crippen LogP contribution < -0.4 is 10.2 Å². The molecule has 3 rings (SSSR count). The first-order valence-corrected chi connectivity index (χ1v) is 9.26. The predicted molar refractivity (Wildman–Crippen MR) is 113 cm³/mol. The second kappa shape index (κ2) is 9.94. The van der Waals surface area contributed by atoms with Crippen LogP contribution in [-0.2, 0) is 4.79 Å². The van der Waals surface area contributed by atoms with Gasteiger partial charge in [-0.1, -0.05) is 0 Å². The molecule has 2 aromatic heterocycles. The lowest BCUT2D eigenvalue weighted by molar-refractivity contribution is -0.192. The van der Waals surface area contributed by atoms with Crippen LogP contribution in [0.15, 0.2) is 48.9 Å². The normalized spacial score (nSPS) is 10.7. The van der Waals surface area contributed by atoms with E-state index in [1.807, 2.05) is 67.7 Å². The molecule has 0 saturated carbocycles. The van der Waals surface area contributed by atoms with E-state index in [1.54, 1.807) is 18.6 Å². The van der Waals surface area contributed by atoms with Gasteiger partial charge in [-0.05, 0) is 50.2 Å². The van der Waals surface area contributed by atoms with E-state index in [4.69, 9.17) is 9.90 Å². The number of amides is 1. The summed E-state index contributed by atoms with van der Waals surface area (Å²) in [5.41, 5.74) is 5.17. The van der Waals surface area contributed by atoms with Gasteiger partial charge < -0.3 is 19.9 Å². The maximum atomic E-state index is 12.3. The molecule has 0 bridgehead atoms. The minimum Gasteiger partial charge on any atom is -0.475 e. The lowest BCUT2D eigenvalue weighted by atomic mass is 10.2. The van der Waals surface area contributed by atoms with E-state index in [0.29, 0.717) is 5.69 Å².